The summed E-state index contributed by atoms with van der Waals surface area (Å²) < 4.78 is 5.58. The number of hydrogen-bond donors (Lipinski definition) is 2. The topological polar surface area (TPSA) is 50.4 Å². The molecular weight excluding hydrogens is 240 g/mol. The van der Waals surface area contributed by atoms with Crippen molar-refractivity contribution in [3.8, 4) is 5.75 Å². The number of carbonyl (C=O) groups excluding carboxylic acids is 1. The molecule has 1 saturated carbocycles. The van der Waals surface area contributed by atoms with Crippen LogP contribution < -0.4 is 15.4 Å². The molecule has 0 heterocycles. The van der Waals surface area contributed by atoms with Crippen molar-refractivity contribution in [3.05, 3.63) is 30.3 Å². The third-order valence-electron chi connectivity index (χ3n) is 2.98. The normalized spacial score (nSPS) is 14.1. The Balaban J connectivity index is 1.40. The number of amides is 1. The molecule has 4 heteroatoms. The van der Waals surface area contributed by atoms with E-state index in [4.69, 9.17) is 4.74 Å². The maximum atomic E-state index is 11.4. The first-order valence-electron chi connectivity index (χ1n) is 7.02. The van der Waals surface area contributed by atoms with Gasteiger partial charge >= 0.3 is 0 Å². The molecule has 104 valence electrons. The summed E-state index contributed by atoms with van der Waals surface area (Å²) in [7, 11) is 0. The standard InChI is InChI=1S/C15H22N2O2/c18-15(17-13-7-8-13)9-11-16-10-4-12-19-14-5-2-1-3-6-14/h1-3,5-6,13,16H,4,7-12H2,(H,17,18). The van der Waals surface area contributed by atoms with Gasteiger partial charge in [0.2, 0.25) is 5.91 Å². The molecule has 0 radical (unpaired) electrons. The fraction of sp³-hybridized carbons (Fsp3) is 0.533. The van der Waals surface area contributed by atoms with Crippen molar-refractivity contribution in [2.75, 3.05) is 19.7 Å². The van der Waals surface area contributed by atoms with Crippen LogP contribution in [0.25, 0.3) is 0 Å². The van der Waals surface area contributed by atoms with Gasteiger partial charge in [0.25, 0.3) is 0 Å². The van der Waals surface area contributed by atoms with Crippen molar-refractivity contribution in [1.82, 2.24) is 10.6 Å². The summed E-state index contributed by atoms with van der Waals surface area (Å²) >= 11 is 0. The monoisotopic (exact) mass is 262 g/mol. The first-order valence-corrected chi connectivity index (χ1v) is 7.02. The lowest BCUT2D eigenvalue weighted by Gasteiger charge is -2.07. The van der Waals surface area contributed by atoms with Crippen LogP contribution in [0.15, 0.2) is 30.3 Å². The highest BCUT2D eigenvalue weighted by molar-refractivity contribution is 5.76. The van der Waals surface area contributed by atoms with Gasteiger partial charge in [0.05, 0.1) is 6.61 Å². The summed E-state index contributed by atoms with van der Waals surface area (Å²) in [6.45, 7) is 2.32. The van der Waals surface area contributed by atoms with Gasteiger partial charge < -0.3 is 15.4 Å². The average Bonchev–Trinajstić information content (AvgIpc) is 3.23. The Bertz CT molecular complexity index is 377. The number of nitrogens with one attached hydrogen (secondary N) is 2. The number of benzene rings is 1. The Kier molecular flexibility index (Phi) is 5.69. The van der Waals surface area contributed by atoms with Crippen molar-refractivity contribution in [1.29, 1.82) is 0 Å². The van der Waals surface area contributed by atoms with Gasteiger partial charge in [-0.1, -0.05) is 18.2 Å². The molecule has 2 N–H and O–H groups in total. The van der Waals surface area contributed by atoms with E-state index in [2.05, 4.69) is 10.6 Å². The van der Waals surface area contributed by atoms with E-state index in [9.17, 15) is 4.79 Å². The van der Waals surface area contributed by atoms with Crippen molar-refractivity contribution in [2.24, 2.45) is 0 Å². The van der Waals surface area contributed by atoms with Crippen molar-refractivity contribution >= 4 is 5.91 Å². The van der Waals surface area contributed by atoms with Crippen LogP contribution in [0.1, 0.15) is 25.7 Å². The molecule has 1 aliphatic carbocycles. The van der Waals surface area contributed by atoms with E-state index in [1.54, 1.807) is 0 Å². The fourth-order valence-electron chi connectivity index (χ4n) is 1.76. The van der Waals surface area contributed by atoms with Crippen molar-refractivity contribution in [3.63, 3.8) is 0 Å². The van der Waals surface area contributed by atoms with Crippen molar-refractivity contribution < 1.29 is 9.53 Å². The van der Waals surface area contributed by atoms with Crippen LogP contribution in [-0.4, -0.2) is 31.6 Å². The molecule has 0 aliphatic heterocycles. The second kappa shape index (κ2) is 7.79. The van der Waals surface area contributed by atoms with E-state index in [0.717, 1.165) is 38.1 Å². The zero-order chi connectivity index (χ0) is 13.3. The number of ether oxygens (including phenoxy) is 1. The highest BCUT2D eigenvalue weighted by Crippen LogP contribution is 2.18. The van der Waals surface area contributed by atoms with Crippen molar-refractivity contribution in [2.45, 2.75) is 31.7 Å². The molecule has 0 saturated heterocycles. The quantitative estimate of drug-likeness (QED) is 0.666. The third-order valence-corrected chi connectivity index (χ3v) is 2.98. The molecule has 0 spiro atoms. The average molecular weight is 262 g/mol. The first-order chi connectivity index (χ1) is 9.34. The summed E-state index contributed by atoms with van der Waals surface area (Å²) in [5.74, 6) is 1.07. The lowest BCUT2D eigenvalue weighted by atomic mass is 10.3. The zero-order valence-electron chi connectivity index (χ0n) is 11.2. The Morgan fingerprint density at radius 3 is 2.74 bits per heavy atom. The van der Waals surface area contributed by atoms with E-state index in [1.807, 2.05) is 30.3 Å². The molecule has 0 bridgehead atoms. The van der Waals surface area contributed by atoms with Crippen LogP contribution in [0.2, 0.25) is 0 Å². The van der Waals surface area contributed by atoms with Gasteiger partial charge in [-0.25, -0.2) is 0 Å². The van der Waals surface area contributed by atoms with Gasteiger partial charge in [-0.15, -0.1) is 0 Å². The number of carbonyl (C=O) groups is 1. The van der Waals surface area contributed by atoms with Gasteiger partial charge in [-0.05, 0) is 37.9 Å². The summed E-state index contributed by atoms with van der Waals surface area (Å²) in [5, 5.41) is 6.23. The molecule has 1 fully saturated rings. The largest absolute Gasteiger partial charge is 0.494 e. The van der Waals surface area contributed by atoms with Crippen LogP contribution in [0.3, 0.4) is 0 Å². The second-order valence-electron chi connectivity index (χ2n) is 4.86. The molecule has 1 amide bonds. The van der Waals surface area contributed by atoms with Crippen LogP contribution in [-0.2, 0) is 4.79 Å². The Labute approximate surface area is 114 Å². The lowest BCUT2D eigenvalue weighted by Crippen LogP contribution is -2.29. The summed E-state index contributed by atoms with van der Waals surface area (Å²) in [6, 6.07) is 10.3. The minimum atomic E-state index is 0.163. The minimum absolute atomic E-state index is 0.163. The van der Waals surface area contributed by atoms with Gasteiger partial charge in [-0.2, -0.15) is 0 Å². The molecule has 1 aromatic carbocycles. The highest BCUT2D eigenvalue weighted by atomic mass is 16.5. The van der Waals surface area contributed by atoms with Gasteiger partial charge in [0.1, 0.15) is 5.75 Å². The summed E-state index contributed by atoms with van der Waals surface area (Å²) in [5.41, 5.74) is 0. The third kappa shape index (κ3) is 6.25. The maximum absolute atomic E-state index is 11.4. The van der Waals surface area contributed by atoms with E-state index < -0.39 is 0 Å². The number of hydrogen-bond acceptors (Lipinski definition) is 3. The Morgan fingerprint density at radius 2 is 2.00 bits per heavy atom. The lowest BCUT2D eigenvalue weighted by molar-refractivity contribution is -0.121. The molecule has 2 rings (SSSR count). The highest BCUT2D eigenvalue weighted by Gasteiger charge is 2.22. The van der Waals surface area contributed by atoms with Gasteiger partial charge in [-0.3, -0.25) is 4.79 Å². The molecule has 1 aliphatic rings. The second-order valence-corrected chi connectivity index (χ2v) is 4.86. The van der Waals surface area contributed by atoms with E-state index in [-0.39, 0.29) is 5.91 Å². The summed E-state index contributed by atoms with van der Waals surface area (Å²) in [6.07, 6.45) is 3.81. The SMILES string of the molecule is O=C(CCNCCCOc1ccccc1)NC1CC1. The predicted molar refractivity (Wildman–Crippen MR) is 75.2 cm³/mol. The minimum Gasteiger partial charge on any atom is -0.494 e. The van der Waals surface area contributed by atoms with Gasteiger partial charge in [0, 0.05) is 19.0 Å². The molecule has 0 aromatic heterocycles. The molecular formula is C15H22N2O2. The van der Waals surface area contributed by atoms with Crippen LogP contribution >= 0.6 is 0 Å². The van der Waals surface area contributed by atoms with Crippen LogP contribution in [0.4, 0.5) is 0 Å². The molecule has 1 aromatic rings. The molecule has 0 atom stereocenters. The molecule has 19 heavy (non-hydrogen) atoms. The molecule has 0 unspecified atom stereocenters. The maximum Gasteiger partial charge on any atom is 0.221 e. The Morgan fingerprint density at radius 1 is 1.21 bits per heavy atom. The van der Waals surface area contributed by atoms with Crippen LogP contribution in [0.5, 0.6) is 5.75 Å². The van der Waals surface area contributed by atoms with E-state index >= 15 is 0 Å². The van der Waals surface area contributed by atoms with E-state index in [0.29, 0.717) is 19.1 Å². The summed E-state index contributed by atoms with van der Waals surface area (Å²) in [4.78, 5) is 11.4. The number of para-hydroxylation sites is 1. The number of rotatable bonds is 9. The predicted octanol–water partition coefficient (Wildman–Crippen LogP) is 1.71. The smallest absolute Gasteiger partial charge is 0.221 e. The Hall–Kier alpha value is -1.55. The van der Waals surface area contributed by atoms with E-state index in [1.165, 1.54) is 0 Å². The molecule has 4 nitrogen and oxygen atoms in total. The fourth-order valence-corrected chi connectivity index (χ4v) is 1.76. The van der Waals surface area contributed by atoms with Gasteiger partial charge in [0.15, 0.2) is 0 Å². The van der Waals surface area contributed by atoms with Crippen LogP contribution in [0, 0.1) is 0 Å². The zero-order valence-corrected chi connectivity index (χ0v) is 11.2. The first kappa shape index (κ1) is 13.9.